The molecule has 0 saturated heterocycles. The quantitative estimate of drug-likeness (QED) is 0.621. The lowest BCUT2D eigenvalue weighted by atomic mass is 9.95. The molecule has 2 aromatic rings. The van der Waals surface area contributed by atoms with Crippen LogP contribution in [0.3, 0.4) is 0 Å². The molecule has 1 aliphatic rings. The predicted octanol–water partition coefficient (Wildman–Crippen LogP) is 3.57. The second-order valence-corrected chi connectivity index (χ2v) is 6.32. The van der Waals surface area contributed by atoms with E-state index in [0.29, 0.717) is 18.7 Å². The first-order valence-electron chi connectivity index (χ1n) is 8.13. The average molecular weight is 345 g/mol. The van der Waals surface area contributed by atoms with Crippen molar-refractivity contribution in [3.8, 4) is 0 Å². The number of rotatable bonds is 6. The molecule has 0 heterocycles. The van der Waals surface area contributed by atoms with Crippen LogP contribution in [0.4, 0.5) is 14.5 Å². The Labute approximate surface area is 145 Å². The minimum absolute atomic E-state index is 0.261. The van der Waals surface area contributed by atoms with Gasteiger partial charge in [0.25, 0.3) is 0 Å². The zero-order valence-corrected chi connectivity index (χ0v) is 14.1. The molecule has 0 spiro atoms. The van der Waals surface area contributed by atoms with Crippen molar-refractivity contribution in [1.82, 2.24) is 0 Å². The molecule has 0 aliphatic heterocycles. The van der Waals surface area contributed by atoms with E-state index in [4.69, 9.17) is 10.5 Å². The van der Waals surface area contributed by atoms with Crippen LogP contribution in [0.5, 0.6) is 0 Å². The minimum Gasteiger partial charge on any atom is -0.380 e. The van der Waals surface area contributed by atoms with E-state index in [9.17, 15) is 8.78 Å². The van der Waals surface area contributed by atoms with Gasteiger partial charge in [-0.25, -0.2) is 8.78 Å². The summed E-state index contributed by atoms with van der Waals surface area (Å²) < 4.78 is 32.3. The average Bonchev–Trinajstić information content (AvgIpc) is 3.36. The number of halogens is 2. The third-order valence-electron chi connectivity index (χ3n) is 4.49. The van der Waals surface area contributed by atoms with Crippen LogP contribution < -0.4 is 11.1 Å². The molecular formula is C19H21F2N3O. The second kappa shape index (κ2) is 7.19. The lowest BCUT2D eigenvalue weighted by Crippen LogP contribution is -2.25. The highest BCUT2D eigenvalue weighted by molar-refractivity contribution is 5.93. The molecule has 1 saturated carbocycles. The number of nitrogens with one attached hydrogen (secondary N) is 1. The van der Waals surface area contributed by atoms with Crippen molar-refractivity contribution in [2.75, 3.05) is 19.0 Å². The molecule has 3 N–H and O–H groups in total. The summed E-state index contributed by atoms with van der Waals surface area (Å²) in [4.78, 5) is 4.38. The molecule has 132 valence electrons. The predicted molar refractivity (Wildman–Crippen MR) is 94.5 cm³/mol. The van der Waals surface area contributed by atoms with Crippen LogP contribution in [-0.2, 0) is 16.8 Å². The summed E-state index contributed by atoms with van der Waals surface area (Å²) in [5, 5.41) is 3.06. The van der Waals surface area contributed by atoms with Crippen LogP contribution in [0.15, 0.2) is 47.5 Å². The number of aliphatic imine (C=N–C) groups is 1. The van der Waals surface area contributed by atoms with Gasteiger partial charge in [0.2, 0.25) is 0 Å². The van der Waals surface area contributed by atoms with Crippen molar-refractivity contribution in [3.63, 3.8) is 0 Å². The smallest absolute Gasteiger partial charge is 0.193 e. The van der Waals surface area contributed by atoms with Crippen molar-refractivity contribution in [3.05, 3.63) is 65.2 Å². The standard InChI is InChI=1S/C19H21F2N3O/c1-25-11-13-4-2-3-5-17(13)24-18(22)23-12-19(8-9-19)15-7-6-14(20)10-16(15)21/h2-7,10H,8-9,11-12H2,1H3,(H3,22,23,24). The Morgan fingerprint density at radius 1 is 1.24 bits per heavy atom. The van der Waals surface area contributed by atoms with Gasteiger partial charge in [-0.2, -0.15) is 0 Å². The third-order valence-corrected chi connectivity index (χ3v) is 4.49. The van der Waals surface area contributed by atoms with Gasteiger partial charge in [-0.15, -0.1) is 0 Å². The highest BCUT2D eigenvalue weighted by Crippen LogP contribution is 2.49. The number of methoxy groups -OCH3 is 1. The lowest BCUT2D eigenvalue weighted by molar-refractivity contribution is 0.185. The van der Waals surface area contributed by atoms with E-state index in [-0.39, 0.29) is 11.4 Å². The summed E-state index contributed by atoms with van der Waals surface area (Å²) >= 11 is 0. The van der Waals surface area contributed by atoms with E-state index in [0.717, 1.165) is 30.2 Å². The molecule has 0 unspecified atom stereocenters. The Balaban J connectivity index is 1.71. The molecule has 0 atom stereocenters. The molecule has 1 fully saturated rings. The summed E-state index contributed by atoms with van der Waals surface area (Å²) in [5.74, 6) is -0.835. The van der Waals surface area contributed by atoms with Gasteiger partial charge < -0.3 is 15.8 Å². The van der Waals surface area contributed by atoms with E-state index in [1.54, 1.807) is 7.11 Å². The van der Waals surface area contributed by atoms with Crippen LogP contribution in [0, 0.1) is 11.6 Å². The summed E-state index contributed by atoms with van der Waals surface area (Å²) in [7, 11) is 1.63. The van der Waals surface area contributed by atoms with E-state index >= 15 is 0 Å². The SMILES string of the molecule is COCc1ccccc1NC(N)=NCC1(c2ccc(F)cc2F)CC1. The minimum atomic E-state index is -0.573. The van der Waals surface area contributed by atoms with Gasteiger partial charge in [0.15, 0.2) is 5.96 Å². The fourth-order valence-electron chi connectivity index (χ4n) is 2.92. The summed E-state index contributed by atoms with van der Waals surface area (Å²) in [5.41, 5.74) is 7.91. The molecule has 1 aliphatic carbocycles. The molecule has 2 aromatic carbocycles. The van der Waals surface area contributed by atoms with Gasteiger partial charge in [0, 0.05) is 29.8 Å². The summed E-state index contributed by atoms with van der Waals surface area (Å²) in [6.07, 6.45) is 1.62. The number of anilines is 1. The van der Waals surface area contributed by atoms with Crippen LogP contribution in [0.1, 0.15) is 24.0 Å². The van der Waals surface area contributed by atoms with Gasteiger partial charge >= 0.3 is 0 Å². The monoisotopic (exact) mass is 345 g/mol. The zero-order valence-electron chi connectivity index (χ0n) is 14.1. The normalized spacial score (nSPS) is 15.9. The number of benzene rings is 2. The van der Waals surface area contributed by atoms with Gasteiger partial charge in [0.1, 0.15) is 11.6 Å². The Morgan fingerprint density at radius 2 is 2.00 bits per heavy atom. The Hall–Kier alpha value is -2.47. The first kappa shape index (κ1) is 17.4. The number of hydrogen-bond acceptors (Lipinski definition) is 2. The zero-order chi connectivity index (χ0) is 17.9. The van der Waals surface area contributed by atoms with Crippen LogP contribution in [-0.4, -0.2) is 19.6 Å². The van der Waals surface area contributed by atoms with E-state index < -0.39 is 11.6 Å². The Kier molecular flexibility index (Phi) is 4.99. The largest absolute Gasteiger partial charge is 0.380 e. The van der Waals surface area contributed by atoms with E-state index in [2.05, 4.69) is 10.3 Å². The third kappa shape index (κ3) is 3.96. The van der Waals surface area contributed by atoms with Gasteiger partial charge in [-0.1, -0.05) is 24.3 Å². The highest BCUT2D eigenvalue weighted by atomic mass is 19.1. The van der Waals surface area contributed by atoms with Crippen molar-refractivity contribution >= 4 is 11.6 Å². The topological polar surface area (TPSA) is 59.6 Å². The molecular weight excluding hydrogens is 324 g/mol. The maximum absolute atomic E-state index is 14.0. The maximum atomic E-state index is 14.0. The fraction of sp³-hybridized carbons (Fsp3) is 0.316. The van der Waals surface area contributed by atoms with Crippen LogP contribution >= 0.6 is 0 Å². The molecule has 4 nitrogen and oxygen atoms in total. The molecule has 3 rings (SSSR count). The molecule has 0 aromatic heterocycles. The van der Waals surface area contributed by atoms with E-state index in [1.165, 1.54) is 12.1 Å². The van der Waals surface area contributed by atoms with Gasteiger partial charge in [0.05, 0.1) is 13.2 Å². The van der Waals surface area contributed by atoms with Crippen molar-refractivity contribution in [2.45, 2.75) is 24.9 Å². The number of nitrogens with two attached hydrogens (primary N) is 1. The number of ether oxygens (including phenoxy) is 1. The van der Waals surface area contributed by atoms with Crippen LogP contribution in [0.2, 0.25) is 0 Å². The van der Waals surface area contributed by atoms with Crippen molar-refractivity contribution < 1.29 is 13.5 Å². The number of para-hydroxylation sites is 1. The molecule has 25 heavy (non-hydrogen) atoms. The number of nitrogens with zero attached hydrogens (tertiary/aromatic N) is 1. The molecule has 0 bridgehead atoms. The molecule has 0 radical (unpaired) electrons. The summed E-state index contributed by atoms with van der Waals surface area (Å²) in [6, 6.07) is 11.4. The van der Waals surface area contributed by atoms with Crippen molar-refractivity contribution in [2.24, 2.45) is 10.7 Å². The van der Waals surface area contributed by atoms with E-state index in [1.807, 2.05) is 24.3 Å². The maximum Gasteiger partial charge on any atom is 0.193 e. The molecule has 0 amide bonds. The lowest BCUT2D eigenvalue weighted by Gasteiger charge is -2.15. The van der Waals surface area contributed by atoms with Crippen LogP contribution in [0.25, 0.3) is 0 Å². The summed E-state index contributed by atoms with van der Waals surface area (Å²) in [6.45, 7) is 0.821. The molecule has 6 heteroatoms. The number of hydrogen-bond donors (Lipinski definition) is 2. The van der Waals surface area contributed by atoms with Crippen molar-refractivity contribution in [1.29, 1.82) is 0 Å². The fourth-order valence-corrected chi connectivity index (χ4v) is 2.92. The highest BCUT2D eigenvalue weighted by Gasteiger charge is 2.46. The first-order chi connectivity index (χ1) is 12.0. The first-order valence-corrected chi connectivity index (χ1v) is 8.13. The Morgan fingerprint density at radius 3 is 2.68 bits per heavy atom. The Bertz CT molecular complexity index is 788. The number of guanidine groups is 1. The van der Waals surface area contributed by atoms with Gasteiger partial charge in [-0.05, 0) is 30.5 Å². The van der Waals surface area contributed by atoms with Gasteiger partial charge in [-0.3, -0.25) is 4.99 Å². The second-order valence-electron chi connectivity index (χ2n) is 6.32.